The summed E-state index contributed by atoms with van der Waals surface area (Å²) in [6.45, 7) is 5.20. The quantitative estimate of drug-likeness (QED) is 0.560. The number of anilines is 2. The predicted octanol–water partition coefficient (Wildman–Crippen LogP) is 3.31. The van der Waals surface area contributed by atoms with Crippen molar-refractivity contribution in [3.05, 3.63) is 65.7 Å². The van der Waals surface area contributed by atoms with Gasteiger partial charge in [0.15, 0.2) is 16.6 Å². The topological polar surface area (TPSA) is 75.2 Å². The highest BCUT2D eigenvalue weighted by Gasteiger charge is 2.32. The number of fused-ring (bicyclic) bond motifs is 1. The lowest BCUT2D eigenvalue weighted by molar-refractivity contribution is -0.143. The van der Waals surface area contributed by atoms with Gasteiger partial charge in [-0.1, -0.05) is 30.3 Å². The molecule has 5 rings (SSSR count). The zero-order chi connectivity index (χ0) is 23.5. The minimum Gasteiger partial charge on any atom is -0.485 e. The second-order valence-corrected chi connectivity index (χ2v) is 9.11. The smallest absolute Gasteiger partial charge is 0.267 e. The summed E-state index contributed by atoms with van der Waals surface area (Å²) < 4.78 is 11.6. The number of piperazine rings is 1. The number of carbonyl (C=O) groups is 2. The van der Waals surface area contributed by atoms with Crippen molar-refractivity contribution < 1.29 is 19.1 Å². The van der Waals surface area contributed by atoms with Crippen LogP contribution >= 0.6 is 11.3 Å². The van der Waals surface area contributed by atoms with Crippen molar-refractivity contribution in [1.82, 2.24) is 14.8 Å². The Morgan fingerprint density at radius 3 is 2.47 bits per heavy atom. The third kappa shape index (κ3) is 4.76. The SMILES string of the molecule is CC(=O)N(c1ccccc1)c1nc(CN2CCN(C(=O)C3COc4ccccc4O3)CC2)cs1. The van der Waals surface area contributed by atoms with Gasteiger partial charge >= 0.3 is 0 Å². The molecule has 1 saturated heterocycles. The van der Waals surface area contributed by atoms with Crippen molar-refractivity contribution in [3.8, 4) is 11.5 Å². The third-order valence-corrected chi connectivity index (χ3v) is 6.79. The summed E-state index contributed by atoms with van der Waals surface area (Å²) in [5.41, 5.74) is 1.72. The van der Waals surface area contributed by atoms with E-state index in [-0.39, 0.29) is 18.4 Å². The average Bonchev–Trinajstić information content (AvgIpc) is 3.32. The van der Waals surface area contributed by atoms with Crippen LogP contribution in [0.3, 0.4) is 0 Å². The third-order valence-electron chi connectivity index (χ3n) is 5.91. The molecule has 1 atom stereocenters. The number of para-hydroxylation sites is 3. The maximum atomic E-state index is 13.0. The van der Waals surface area contributed by atoms with E-state index in [2.05, 4.69) is 4.90 Å². The van der Waals surface area contributed by atoms with Gasteiger partial charge in [-0.25, -0.2) is 4.98 Å². The van der Waals surface area contributed by atoms with Crippen LogP contribution in [0.25, 0.3) is 0 Å². The van der Waals surface area contributed by atoms with Gasteiger partial charge in [-0.2, -0.15) is 0 Å². The van der Waals surface area contributed by atoms with E-state index in [9.17, 15) is 9.59 Å². The van der Waals surface area contributed by atoms with Crippen molar-refractivity contribution in [2.75, 3.05) is 37.7 Å². The van der Waals surface area contributed by atoms with Crippen molar-refractivity contribution in [2.45, 2.75) is 19.6 Å². The van der Waals surface area contributed by atoms with Crippen LogP contribution in [-0.2, 0) is 16.1 Å². The van der Waals surface area contributed by atoms with E-state index in [1.54, 1.807) is 11.8 Å². The molecule has 9 heteroatoms. The summed E-state index contributed by atoms with van der Waals surface area (Å²) >= 11 is 1.46. The molecule has 176 valence electrons. The van der Waals surface area contributed by atoms with E-state index in [1.165, 1.54) is 11.3 Å². The molecule has 3 heterocycles. The van der Waals surface area contributed by atoms with Crippen LogP contribution in [0.15, 0.2) is 60.0 Å². The summed E-state index contributed by atoms with van der Waals surface area (Å²) in [6.07, 6.45) is -0.613. The highest BCUT2D eigenvalue weighted by molar-refractivity contribution is 7.14. The first-order valence-corrected chi connectivity index (χ1v) is 12.2. The Balaban J connectivity index is 1.16. The zero-order valence-corrected chi connectivity index (χ0v) is 19.7. The number of amides is 2. The molecule has 2 aliphatic rings. The van der Waals surface area contributed by atoms with Crippen LogP contribution in [0.1, 0.15) is 12.6 Å². The molecule has 0 spiro atoms. The van der Waals surface area contributed by atoms with Crippen molar-refractivity contribution >= 4 is 34.0 Å². The van der Waals surface area contributed by atoms with Crippen LogP contribution in [0.2, 0.25) is 0 Å². The summed E-state index contributed by atoms with van der Waals surface area (Å²) in [7, 11) is 0. The Labute approximate surface area is 202 Å². The van der Waals surface area contributed by atoms with Crippen LogP contribution < -0.4 is 14.4 Å². The normalized spacial score (nSPS) is 17.9. The minimum absolute atomic E-state index is 0.0370. The van der Waals surface area contributed by atoms with E-state index in [0.717, 1.165) is 24.5 Å². The van der Waals surface area contributed by atoms with Gasteiger partial charge in [0.05, 0.1) is 11.4 Å². The number of hydrogen-bond donors (Lipinski definition) is 0. The lowest BCUT2D eigenvalue weighted by Crippen LogP contribution is -2.53. The molecule has 8 nitrogen and oxygen atoms in total. The van der Waals surface area contributed by atoms with Crippen molar-refractivity contribution in [3.63, 3.8) is 0 Å². The molecular weight excluding hydrogens is 452 g/mol. The van der Waals surface area contributed by atoms with Gasteiger partial charge in [-0.15, -0.1) is 11.3 Å². The van der Waals surface area contributed by atoms with Gasteiger partial charge in [0, 0.05) is 45.0 Å². The first-order valence-electron chi connectivity index (χ1n) is 11.3. The van der Waals surface area contributed by atoms with E-state index < -0.39 is 6.10 Å². The number of carbonyl (C=O) groups excluding carboxylic acids is 2. The molecule has 3 aromatic rings. The monoisotopic (exact) mass is 478 g/mol. The first kappa shape index (κ1) is 22.4. The Hall–Kier alpha value is -3.43. The van der Waals surface area contributed by atoms with Crippen LogP contribution in [0, 0.1) is 0 Å². The zero-order valence-electron chi connectivity index (χ0n) is 18.9. The second kappa shape index (κ2) is 9.82. The summed E-state index contributed by atoms with van der Waals surface area (Å²) in [5.74, 6) is 1.18. The maximum Gasteiger partial charge on any atom is 0.267 e. The molecule has 0 N–H and O–H groups in total. The highest BCUT2D eigenvalue weighted by atomic mass is 32.1. The Bertz CT molecular complexity index is 1160. The van der Waals surface area contributed by atoms with Crippen molar-refractivity contribution in [2.24, 2.45) is 0 Å². The number of aromatic nitrogens is 1. The number of thiazole rings is 1. The molecule has 1 unspecified atom stereocenters. The number of hydrogen-bond acceptors (Lipinski definition) is 7. The molecule has 1 fully saturated rings. The molecule has 2 aliphatic heterocycles. The molecule has 0 saturated carbocycles. The standard InChI is InChI=1S/C25H26N4O4S/c1-18(30)29(20-7-3-2-4-8-20)25-26-19(17-34-25)15-27-11-13-28(14-12-27)24(31)23-16-32-21-9-5-6-10-22(21)33-23/h2-10,17,23H,11-16H2,1H3. The number of benzene rings is 2. The highest BCUT2D eigenvalue weighted by Crippen LogP contribution is 2.32. The van der Waals surface area contributed by atoms with Gasteiger partial charge in [-0.05, 0) is 24.3 Å². The summed E-state index contributed by atoms with van der Waals surface area (Å²) in [4.78, 5) is 35.7. The second-order valence-electron chi connectivity index (χ2n) is 8.28. The van der Waals surface area contributed by atoms with E-state index in [0.29, 0.717) is 36.3 Å². The maximum absolute atomic E-state index is 13.0. The van der Waals surface area contributed by atoms with Crippen LogP contribution in [0.5, 0.6) is 11.5 Å². The molecule has 0 radical (unpaired) electrons. The first-order chi connectivity index (χ1) is 16.6. The van der Waals surface area contributed by atoms with E-state index in [1.807, 2.05) is 64.9 Å². The number of rotatable bonds is 5. The van der Waals surface area contributed by atoms with E-state index >= 15 is 0 Å². The fraction of sp³-hybridized carbons (Fsp3) is 0.320. The van der Waals surface area contributed by atoms with Gasteiger partial charge in [0.1, 0.15) is 6.61 Å². The van der Waals surface area contributed by atoms with Crippen LogP contribution in [0.4, 0.5) is 10.8 Å². The largest absolute Gasteiger partial charge is 0.485 e. The average molecular weight is 479 g/mol. The Kier molecular flexibility index (Phi) is 6.46. The predicted molar refractivity (Wildman–Crippen MR) is 130 cm³/mol. The lowest BCUT2D eigenvalue weighted by Gasteiger charge is -2.36. The van der Waals surface area contributed by atoms with E-state index in [4.69, 9.17) is 14.5 Å². The molecule has 2 amide bonds. The molecule has 0 bridgehead atoms. The molecule has 0 aliphatic carbocycles. The lowest BCUT2D eigenvalue weighted by atomic mass is 10.2. The van der Waals surface area contributed by atoms with Gasteiger partial charge in [-0.3, -0.25) is 19.4 Å². The molecule has 1 aromatic heterocycles. The Morgan fingerprint density at radius 2 is 1.74 bits per heavy atom. The number of nitrogens with zero attached hydrogens (tertiary/aromatic N) is 4. The fourth-order valence-corrected chi connectivity index (χ4v) is 5.05. The minimum atomic E-state index is -0.613. The number of ether oxygens (including phenoxy) is 2. The van der Waals surface area contributed by atoms with Crippen molar-refractivity contribution in [1.29, 1.82) is 0 Å². The summed E-state index contributed by atoms with van der Waals surface area (Å²) in [5, 5.41) is 2.66. The Morgan fingerprint density at radius 1 is 1.03 bits per heavy atom. The fourth-order valence-electron chi connectivity index (χ4n) is 4.18. The van der Waals surface area contributed by atoms with Gasteiger partial charge in [0.2, 0.25) is 12.0 Å². The van der Waals surface area contributed by atoms with Gasteiger partial charge in [0.25, 0.3) is 5.91 Å². The molecular formula is C25H26N4O4S. The molecule has 34 heavy (non-hydrogen) atoms. The molecule has 2 aromatic carbocycles. The van der Waals surface area contributed by atoms with Gasteiger partial charge < -0.3 is 14.4 Å². The summed E-state index contributed by atoms with van der Waals surface area (Å²) in [6, 6.07) is 16.9. The van der Waals surface area contributed by atoms with Crippen LogP contribution in [-0.4, -0.2) is 65.5 Å².